The number of rotatable bonds is 5. The average Bonchev–Trinajstić information content (AvgIpc) is 2.95. The molecule has 1 aliphatic carbocycles. The van der Waals surface area contributed by atoms with Crippen molar-refractivity contribution in [3.63, 3.8) is 0 Å². The Morgan fingerprint density at radius 2 is 2.00 bits per heavy atom. The molecule has 1 saturated carbocycles. The fourth-order valence-corrected chi connectivity index (χ4v) is 3.04. The van der Waals surface area contributed by atoms with Crippen molar-refractivity contribution in [1.82, 2.24) is 4.90 Å². The lowest BCUT2D eigenvalue weighted by Gasteiger charge is -2.30. The van der Waals surface area contributed by atoms with Crippen molar-refractivity contribution in [3.8, 4) is 5.75 Å². The molecule has 3 nitrogen and oxygen atoms in total. The molecule has 0 aromatic heterocycles. The van der Waals surface area contributed by atoms with Crippen LogP contribution in [0, 0.1) is 12.8 Å². The Morgan fingerprint density at radius 3 is 2.62 bits per heavy atom. The van der Waals surface area contributed by atoms with Gasteiger partial charge in [-0.05, 0) is 44.2 Å². The number of aromatic hydroxyl groups is 1. The Morgan fingerprint density at radius 1 is 1.33 bits per heavy atom. The Balaban J connectivity index is 2.21. The van der Waals surface area contributed by atoms with Crippen molar-refractivity contribution < 1.29 is 9.90 Å². The zero-order chi connectivity index (χ0) is 15.4. The normalized spacial score (nSPS) is 15.6. The van der Waals surface area contributed by atoms with E-state index < -0.39 is 0 Å². The third-order valence-corrected chi connectivity index (χ3v) is 4.36. The van der Waals surface area contributed by atoms with Crippen molar-refractivity contribution in [3.05, 3.63) is 29.3 Å². The molecule has 0 radical (unpaired) electrons. The summed E-state index contributed by atoms with van der Waals surface area (Å²) in [5, 5.41) is 10.0. The second-order valence-corrected chi connectivity index (χ2v) is 6.64. The number of phenols is 1. The van der Waals surface area contributed by atoms with Crippen LogP contribution in [0.25, 0.3) is 0 Å². The number of phenolic OH excluding ortho intramolecular Hbond substituents is 1. The first-order valence-electron chi connectivity index (χ1n) is 8.09. The number of carbonyl (C=O) groups excluding carboxylic acids is 1. The van der Waals surface area contributed by atoms with Crippen LogP contribution in [-0.4, -0.2) is 28.5 Å². The van der Waals surface area contributed by atoms with E-state index >= 15 is 0 Å². The summed E-state index contributed by atoms with van der Waals surface area (Å²) in [6.07, 6.45) is 5.60. The number of hydrogen-bond acceptors (Lipinski definition) is 2. The quantitative estimate of drug-likeness (QED) is 0.885. The minimum Gasteiger partial charge on any atom is -0.507 e. The lowest BCUT2D eigenvalue weighted by molar-refractivity contribution is 0.0668. The van der Waals surface area contributed by atoms with E-state index in [0.29, 0.717) is 17.5 Å². The SMILES string of the molecule is Cc1ccc(O)c(C(=O)N(CCC(C)C)C2CCCC2)c1. The highest BCUT2D eigenvalue weighted by Crippen LogP contribution is 2.28. The van der Waals surface area contributed by atoms with E-state index in [1.54, 1.807) is 12.1 Å². The van der Waals surface area contributed by atoms with E-state index in [2.05, 4.69) is 13.8 Å². The fourth-order valence-electron chi connectivity index (χ4n) is 3.04. The summed E-state index contributed by atoms with van der Waals surface area (Å²) in [5.41, 5.74) is 1.46. The summed E-state index contributed by atoms with van der Waals surface area (Å²) < 4.78 is 0. The maximum Gasteiger partial charge on any atom is 0.257 e. The fraction of sp³-hybridized carbons (Fsp3) is 0.611. The second kappa shape index (κ2) is 6.97. The van der Waals surface area contributed by atoms with Crippen LogP contribution in [0.5, 0.6) is 5.75 Å². The number of nitrogens with zero attached hydrogens (tertiary/aromatic N) is 1. The molecule has 116 valence electrons. The minimum absolute atomic E-state index is 0.0104. The topological polar surface area (TPSA) is 40.5 Å². The van der Waals surface area contributed by atoms with Crippen LogP contribution in [0.3, 0.4) is 0 Å². The zero-order valence-electron chi connectivity index (χ0n) is 13.4. The largest absolute Gasteiger partial charge is 0.507 e. The predicted octanol–water partition coefficient (Wildman–Crippen LogP) is 4.13. The Kier molecular flexibility index (Phi) is 5.27. The van der Waals surface area contributed by atoms with Crippen LogP contribution in [0.1, 0.15) is 61.9 Å². The third-order valence-electron chi connectivity index (χ3n) is 4.36. The van der Waals surface area contributed by atoms with Crippen LogP contribution in [0.2, 0.25) is 0 Å². The Hall–Kier alpha value is -1.51. The molecule has 0 heterocycles. The van der Waals surface area contributed by atoms with Crippen LogP contribution in [-0.2, 0) is 0 Å². The molecule has 1 aromatic carbocycles. The van der Waals surface area contributed by atoms with Gasteiger partial charge in [-0.1, -0.05) is 38.3 Å². The molecule has 1 aliphatic rings. The summed E-state index contributed by atoms with van der Waals surface area (Å²) in [6, 6.07) is 5.60. The first-order chi connectivity index (χ1) is 9.99. The smallest absolute Gasteiger partial charge is 0.257 e. The molecule has 0 saturated heterocycles. The maximum absolute atomic E-state index is 12.9. The summed E-state index contributed by atoms with van der Waals surface area (Å²) >= 11 is 0. The molecule has 0 atom stereocenters. The van der Waals surface area contributed by atoms with E-state index in [9.17, 15) is 9.90 Å². The maximum atomic E-state index is 12.9. The van der Waals surface area contributed by atoms with Gasteiger partial charge in [0, 0.05) is 12.6 Å². The van der Waals surface area contributed by atoms with Gasteiger partial charge in [0.05, 0.1) is 5.56 Å². The highest BCUT2D eigenvalue weighted by atomic mass is 16.3. The lowest BCUT2D eigenvalue weighted by Crippen LogP contribution is -2.40. The number of hydrogen-bond donors (Lipinski definition) is 1. The van der Waals surface area contributed by atoms with Gasteiger partial charge in [0.25, 0.3) is 5.91 Å². The summed E-state index contributed by atoms with van der Waals surface area (Å²) in [6.45, 7) is 7.10. The molecule has 3 heteroatoms. The molecule has 21 heavy (non-hydrogen) atoms. The van der Waals surface area contributed by atoms with E-state index in [1.807, 2.05) is 17.9 Å². The molecule has 1 amide bonds. The van der Waals surface area contributed by atoms with Gasteiger partial charge in [-0.15, -0.1) is 0 Å². The molecule has 1 fully saturated rings. The standard InChI is InChI=1S/C18H27NO2/c1-13(2)10-11-19(15-6-4-5-7-15)18(21)16-12-14(3)8-9-17(16)20/h8-9,12-13,15,20H,4-7,10-11H2,1-3H3. The number of aryl methyl sites for hydroxylation is 1. The molecule has 1 aromatic rings. The van der Waals surface area contributed by atoms with Gasteiger partial charge >= 0.3 is 0 Å². The third kappa shape index (κ3) is 3.99. The van der Waals surface area contributed by atoms with Crippen molar-refractivity contribution in [2.45, 2.75) is 58.9 Å². The first-order valence-corrected chi connectivity index (χ1v) is 8.09. The first kappa shape index (κ1) is 15.9. The molecule has 0 unspecified atom stereocenters. The van der Waals surface area contributed by atoms with Gasteiger partial charge in [-0.2, -0.15) is 0 Å². The van der Waals surface area contributed by atoms with E-state index in [4.69, 9.17) is 0 Å². The van der Waals surface area contributed by atoms with Gasteiger partial charge in [0.2, 0.25) is 0 Å². The number of benzene rings is 1. The lowest BCUT2D eigenvalue weighted by atomic mass is 10.1. The highest BCUT2D eigenvalue weighted by molar-refractivity contribution is 5.97. The van der Waals surface area contributed by atoms with Gasteiger partial charge in [-0.3, -0.25) is 4.79 Å². The van der Waals surface area contributed by atoms with Crippen molar-refractivity contribution in [2.24, 2.45) is 5.92 Å². The van der Waals surface area contributed by atoms with E-state index in [1.165, 1.54) is 12.8 Å². The van der Waals surface area contributed by atoms with E-state index in [-0.39, 0.29) is 11.7 Å². The molecular weight excluding hydrogens is 262 g/mol. The summed E-state index contributed by atoms with van der Waals surface area (Å²) in [4.78, 5) is 14.9. The zero-order valence-corrected chi connectivity index (χ0v) is 13.4. The summed E-state index contributed by atoms with van der Waals surface area (Å²) in [7, 11) is 0. The van der Waals surface area contributed by atoms with E-state index in [0.717, 1.165) is 31.4 Å². The number of amides is 1. The van der Waals surface area contributed by atoms with Crippen LogP contribution < -0.4 is 0 Å². The highest BCUT2D eigenvalue weighted by Gasteiger charge is 2.28. The van der Waals surface area contributed by atoms with Crippen molar-refractivity contribution in [1.29, 1.82) is 0 Å². The van der Waals surface area contributed by atoms with Crippen LogP contribution in [0.15, 0.2) is 18.2 Å². The van der Waals surface area contributed by atoms with Crippen LogP contribution >= 0.6 is 0 Å². The van der Waals surface area contributed by atoms with Crippen LogP contribution in [0.4, 0.5) is 0 Å². The predicted molar refractivity (Wildman–Crippen MR) is 85.6 cm³/mol. The Labute approximate surface area is 128 Å². The number of carbonyl (C=O) groups is 1. The molecular formula is C18H27NO2. The molecule has 2 rings (SSSR count). The molecule has 1 N–H and O–H groups in total. The molecule has 0 aliphatic heterocycles. The molecule has 0 spiro atoms. The van der Waals surface area contributed by atoms with Gasteiger partial charge in [0.1, 0.15) is 5.75 Å². The van der Waals surface area contributed by atoms with Gasteiger partial charge < -0.3 is 10.0 Å². The van der Waals surface area contributed by atoms with Crippen molar-refractivity contribution >= 4 is 5.91 Å². The summed E-state index contributed by atoms with van der Waals surface area (Å²) in [5.74, 6) is 0.662. The van der Waals surface area contributed by atoms with Crippen molar-refractivity contribution in [2.75, 3.05) is 6.54 Å². The minimum atomic E-state index is -0.0104. The van der Waals surface area contributed by atoms with Gasteiger partial charge in [0.15, 0.2) is 0 Å². The second-order valence-electron chi connectivity index (χ2n) is 6.64. The molecule has 0 bridgehead atoms. The average molecular weight is 289 g/mol. The van der Waals surface area contributed by atoms with Gasteiger partial charge in [-0.25, -0.2) is 0 Å². The Bertz CT molecular complexity index is 490. The monoisotopic (exact) mass is 289 g/mol.